The van der Waals surface area contributed by atoms with E-state index in [-0.39, 0.29) is 11.9 Å². The van der Waals surface area contributed by atoms with Crippen LogP contribution in [0.2, 0.25) is 0 Å². The van der Waals surface area contributed by atoms with Crippen molar-refractivity contribution in [2.45, 2.75) is 13.8 Å². The van der Waals surface area contributed by atoms with Crippen LogP contribution in [0.25, 0.3) is 0 Å². The van der Waals surface area contributed by atoms with Crippen molar-refractivity contribution in [3.05, 3.63) is 28.8 Å². The first kappa shape index (κ1) is 13.5. The van der Waals surface area contributed by atoms with E-state index in [0.29, 0.717) is 11.3 Å². The van der Waals surface area contributed by atoms with Crippen LogP contribution in [-0.4, -0.2) is 17.8 Å². The number of carbonyl (C=O) groups excluding carboxylic acids is 1. The van der Waals surface area contributed by atoms with E-state index >= 15 is 0 Å². The fourth-order valence-corrected chi connectivity index (χ4v) is 1.55. The van der Waals surface area contributed by atoms with Gasteiger partial charge in [0, 0.05) is 5.56 Å². The number of guanidine groups is 2. The average Bonchev–Trinajstić information content (AvgIpc) is 2.21. The summed E-state index contributed by atoms with van der Waals surface area (Å²) in [7, 11) is 0. The molecule has 0 spiro atoms. The molecule has 0 unspecified atom stereocenters. The molecule has 0 aliphatic carbocycles. The van der Waals surface area contributed by atoms with E-state index in [4.69, 9.17) is 22.9 Å². The number of primary amides is 1. The van der Waals surface area contributed by atoms with Crippen molar-refractivity contribution in [2.24, 2.45) is 32.9 Å². The second-order valence-electron chi connectivity index (χ2n) is 3.83. The second kappa shape index (κ2) is 5.17. The van der Waals surface area contributed by atoms with Crippen molar-refractivity contribution in [3.63, 3.8) is 0 Å². The lowest BCUT2D eigenvalue weighted by Gasteiger charge is -2.07. The summed E-state index contributed by atoms with van der Waals surface area (Å²) in [6.07, 6.45) is 0. The highest BCUT2D eigenvalue weighted by Crippen LogP contribution is 2.25. The van der Waals surface area contributed by atoms with Gasteiger partial charge in [0.2, 0.25) is 11.9 Å². The van der Waals surface area contributed by atoms with Crippen molar-refractivity contribution in [2.75, 3.05) is 0 Å². The van der Waals surface area contributed by atoms with E-state index in [2.05, 4.69) is 9.98 Å². The van der Waals surface area contributed by atoms with Gasteiger partial charge in [-0.1, -0.05) is 0 Å². The Bertz CT molecular complexity index is 519. The maximum Gasteiger partial charge on any atom is 0.248 e. The standard InChI is InChI=1S/C11H16N6O/c1-5-3-7(9(12)18)4-6(2)8(5)16-11(15)17-10(13)14/h3-4H,1-2H3,(H2,12,18)(H6,13,14,15,16,17). The summed E-state index contributed by atoms with van der Waals surface area (Å²) in [6, 6.07) is 3.27. The lowest BCUT2D eigenvalue weighted by atomic mass is 10.0. The van der Waals surface area contributed by atoms with E-state index in [9.17, 15) is 4.79 Å². The number of aryl methyl sites for hydroxylation is 2. The summed E-state index contributed by atoms with van der Waals surface area (Å²) in [5.74, 6) is -0.706. The van der Waals surface area contributed by atoms with Gasteiger partial charge < -0.3 is 22.9 Å². The molecule has 0 aromatic heterocycles. The van der Waals surface area contributed by atoms with Crippen molar-refractivity contribution < 1.29 is 4.79 Å². The van der Waals surface area contributed by atoms with Crippen LogP contribution in [0.1, 0.15) is 21.5 Å². The summed E-state index contributed by atoms with van der Waals surface area (Å²) in [4.78, 5) is 18.8. The molecule has 0 atom stereocenters. The van der Waals surface area contributed by atoms with Crippen molar-refractivity contribution in [3.8, 4) is 0 Å². The maximum atomic E-state index is 11.1. The van der Waals surface area contributed by atoms with Crippen LogP contribution in [0.4, 0.5) is 5.69 Å². The van der Waals surface area contributed by atoms with Crippen LogP contribution in [0.3, 0.4) is 0 Å². The minimum Gasteiger partial charge on any atom is -0.370 e. The van der Waals surface area contributed by atoms with Crippen LogP contribution < -0.4 is 22.9 Å². The van der Waals surface area contributed by atoms with E-state index < -0.39 is 5.91 Å². The zero-order chi connectivity index (χ0) is 13.9. The summed E-state index contributed by atoms with van der Waals surface area (Å²) >= 11 is 0. The van der Waals surface area contributed by atoms with Crippen LogP contribution in [-0.2, 0) is 0 Å². The Morgan fingerprint density at radius 1 is 1.06 bits per heavy atom. The molecule has 1 rings (SSSR count). The number of benzene rings is 1. The number of aliphatic imine (C=N–C) groups is 2. The third-order valence-electron chi connectivity index (χ3n) is 2.25. The third-order valence-corrected chi connectivity index (χ3v) is 2.25. The average molecular weight is 248 g/mol. The topological polar surface area (TPSA) is 146 Å². The number of amides is 1. The number of nitrogens with two attached hydrogens (primary N) is 4. The summed E-state index contributed by atoms with van der Waals surface area (Å²) in [6.45, 7) is 3.59. The zero-order valence-corrected chi connectivity index (χ0v) is 10.3. The van der Waals surface area contributed by atoms with Gasteiger partial charge in [-0.2, -0.15) is 4.99 Å². The maximum absolute atomic E-state index is 11.1. The molecule has 7 heteroatoms. The highest BCUT2D eigenvalue weighted by atomic mass is 16.1. The molecule has 0 radical (unpaired) electrons. The second-order valence-corrected chi connectivity index (χ2v) is 3.83. The number of hydrogen-bond acceptors (Lipinski definition) is 2. The van der Waals surface area contributed by atoms with Gasteiger partial charge >= 0.3 is 0 Å². The summed E-state index contributed by atoms with van der Waals surface area (Å²) < 4.78 is 0. The summed E-state index contributed by atoms with van der Waals surface area (Å²) in [5, 5.41) is 0. The molecule has 1 aromatic rings. The summed E-state index contributed by atoms with van der Waals surface area (Å²) in [5.41, 5.74) is 23.7. The van der Waals surface area contributed by atoms with Crippen LogP contribution in [0, 0.1) is 13.8 Å². The highest BCUT2D eigenvalue weighted by molar-refractivity contribution is 5.95. The fraction of sp³-hybridized carbons (Fsp3) is 0.182. The molecule has 0 aliphatic rings. The van der Waals surface area contributed by atoms with E-state index in [0.717, 1.165) is 11.1 Å². The van der Waals surface area contributed by atoms with Crippen LogP contribution in [0.15, 0.2) is 22.1 Å². The molecule has 96 valence electrons. The van der Waals surface area contributed by atoms with Gasteiger partial charge in [0.1, 0.15) is 0 Å². The Kier molecular flexibility index (Phi) is 3.88. The fourth-order valence-electron chi connectivity index (χ4n) is 1.55. The van der Waals surface area contributed by atoms with Gasteiger partial charge in [-0.25, -0.2) is 4.99 Å². The van der Waals surface area contributed by atoms with Crippen molar-refractivity contribution in [1.82, 2.24) is 0 Å². The molecule has 0 bridgehead atoms. The minimum absolute atomic E-state index is 0.0481. The Morgan fingerprint density at radius 3 is 1.94 bits per heavy atom. The molecule has 0 saturated carbocycles. The van der Waals surface area contributed by atoms with Crippen LogP contribution in [0.5, 0.6) is 0 Å². The van der Waals surface area contributed by atoms with Gasteiger partial charge in [-0.05, 0) is 37.1 Å². The molecule has 0 saturated heterocycles. The Hall–Kier alpha value is -2.57. The Morgan fingerprint density at radius 2 is 1.56 bits per heavy atom. The molecule has 0 aliphatic heterocycles. The van der Waals surface area contributed by atoms with E-state index in [1.54, 1.807) is 26.0 Å². The molecule has 1 aromatic carbocycles. The SMILES string of the molecule is Cc1cc(C(N)=O)cc(C)c1N=C(N)N=C(N)N. The molecule has 1 amide bonds. The Labute approximate surface area is 105 Å². The van der Waals surface area contributed by atoms with E-state index in [1.807, 2.05) is 0 Å². The molecule has 0 heterocycles. The Balaban J connectivity index is 3.27. The lowest BCUT2D eigenvalue weighted by Crippen LogP contribution is -2.26. The number of carbonyl (C=O) groups is 1. The first-order valence-electron chi connectivity index (χ1n) is 5.16. The predicted molar refractivity (Wildman–Crippen MR) is 71.5 cm³/mol. The predicted octanol–water partition coefficient (Wildman–Crippen LogP) is -0.378. The van der Waals surface area contributed by atoms with Gasteiger partial charge in [0.25, 0.3) is 0 Å². The molecule has 8 N–H and O–H groups in total. The zero-order valence-electron chi connectivity index (χ0n) is 10.3. The molecular formula is C11H16N6O. The molecule has 18 heavy (non-hydrogen) atoms. The number of nitrogens with zero attached hydrogens (tertiary/aromatic N) is 2. The first-order chi connectivity index (χ1) is 8.31. The van der Waals surface area contributed by atoms with Gasteiger partial charge in [0.15, 0.2) is 5.96 Å². The quantitative estimate of drug-likeness (QED) is 0.417. The normalized spacial score (nSPS) is 11.1. The van der Waals surface area contributed by atoms with Gasteiger partial charge in [-0.15, -0.1) is 0 Å². The number of hydrogen-bond donors (Lipinski definition) is 4. The largest absolute Gasteiger partial charge is 0.370 e. The monoisotopic (exact) mass is 248 g/mol. The van der Waals surface area contributed by atoms with Gasteiger partial charge in [0.05, 0.1) is 5.69 Å². The van der Waals surface area contributed by atoms with Gasteiger partial charge in [-0.3, -0.25) is 4.79 Å². The van der Waals surface area contributed by atoms with Crippen LogP contribution >= 0.6 is 0 Å². The molecular weight excluding hydrogens is 232 g/mol. The third kappa shape index (κ3) is 3.21. The first-order valence-corrected chi connectivity index (χ1v) is 5.16. The molecule has 7 nitrogen and oxygen atoms in total. The minimum atomic E-state index is -0.492. The van der Waals surface area contributed by atoms with Crippen molar-refractivity contribution >= 4 is 23.5 Å². The smallest absolute Gasteiger partial charge is 0.248 e. The van der Waals surface area contributed by atoms with Crippen molar-refractivity contribution in [1.29, 1.82) is 0 Å². The number of rotatable bonds is 2. The highest BCUT2D eigenvalue weighted by Gasteiger charge is 2.08. The lowest BCUT2D eigenvalue weighted by molar-refractivity contribution is 0.1000. The molecule has 0 fully saturated rings. The van der Waals surface area contributed by atoms with E-state index in [1.165, 1.54) is 0 Å².